The summed E-state index contributed by atoms with van der Waals surface area (Å²) in [5.41, 5.74) is 0.548. The highest BCUT2D eigenvalue weighted by Crippen LogP contribution is 2.25. The molecule has 0 saturated carbocycles. The van der Waals surface area contributed by atoms with Gasteiger partial charge in [-0.25, -0.2) is 0 Å². The maximum absolute atomic E-state index is 12.0. The number of carbonyl (C=O) groups is 1. The van der Waals surface area contributed by atoms with Crippen molar-refractivity contribution in [3.05, 3.63) is 28.2 Å². The summed E-state index contributed by atoms with van der Waals surface area (Å²) in [6.45, 7) is 3.63. The Bertz CT molecular complexity index is 496. The normalized spacial score (nSPS) is 23.6. The molecule has 20 heavy (non-hydrogen) atoms. The van der Waals surface area contributed by atoms with Crippen LogP contribution >= 0.6 is 23.2 Å². The molecule has 1 aromatic rings. The zero-order chi connectivity index (χ0) is 14.7. The van der Waals surface area contributed by atoms with E-state index in [-0.39, 0.29) is 18.6 Å². The molecule has 0 bridgehead atoms. The Hall–Kier alpha value is -0.810. The van der Waals surface area contributed by atoms with Crippen molar-refractivity contribution in [1.29, 1.82) is 0 Å². The third-order valence-electron chi connectivity index (χ3n) is 3.58. The molecule has 0 spiro atoms. The maximum atomic E-state index is 12.0. The van der Waals surface area contributed by atoms with Crippen molar-refractivity contribution in [2.75, 3.05) is 25.0 Å². The molecule has 1 aliphatic heterocycles. The molecule has 2 rings (SSSR count). The van der Waals surface area contributed by atoms with Gasteiger partial charge in [-0.3, -0.25) is 9.69 Å². The van der Waals surface area contributed by atoms with Crippen molar-refractivity contribution in [2.24, 2.45) is 5.92 Å². The first kappa shape index (κ1) is 15.6. The molecule has 1 aliphatic rings. The largest absolute Gasteiger partial charge is 0.392 e. The minimum Gasteiger partial charge on any atom is -0.392 e. The van der Waals surface area contributed by atoms with Crippen LogP contribution in [0.5, 0.6) is 0 Å². The lowest BCUT2D eigenvalue weighted by Gasteiger charge is -2.33. The van der Waals surface area contributed by atoms with Gasteiger partial charge in [0.15, 0.2) is 0 Å². The summed E-state index contributed by atoms with van der Waals surface area (Å²) >= 11 is 11.8. The van der Waals surface area contributed by atoms with Gasteiger partial charge in [-0.1, -0.05) is 30.1 Å². The van der Waals surface area contributed by atoms with E-state index in [2.05, 4.69) is 5.32 Å². The summed E-state index contributed by atoms with van der Waals surface area (Å²) in [5.74, 6) is 0.149. The van der Waals surface area contributed by atoms with Gasteiger partial charge in [0.05, 0.1) is 23.4 Å². The molecule has 0 aliphatic carbocycles. The number of rotatable bonds is 3. The van der Waals surface area contributed by atoms with Crippen LogP contribution in [-0.4, -0.2) is 41.7 Å². The Balaban J connectivity index is 1.89. The van der Waals surface area contributed by atoms with Crippen LogP contribution in [0.1, 0.15) is 13.3 Å². The number of benzene rings is 1. The number of hydrogen-bond acceptors (Lipinski definition) is 3. The number of likely N-dealkylation sites (tertiary alicyclic amines) is 1. The number of hydrogen-bond donors (Lipinski definition) is 2. The molecule has 1 fully saturated rings. The molecular weight excluding hydrogens is 299 g/mol. The number of halogens is 2. The number of anilines is 1. The van der Waals surface area contributed by atoms with E-state index >= 15 is 0 Å². The van der Waals surface area contributed by atoms with Crippen molar-refractivity contribution in [3.8, 4) is 0 Å². The predicted octanol–water partition coefficient (Wildman–Crippen LogP) is 2.63. The Morgan fingerprint density at radius 2 is 2.25 bits per heavy atom. The van der Waals surface area contributed by atoms with Crippen LogP contribution < -0.4 is 5.32 Å². The van der Waals surface area contributed by atoms with E-state index in [1.54, 1.807) is 18.2 Å². The maximum Gasteiger partial charge on any atom is 0.238 e. The van der Waals surface area contributed by atoms with Crippen LogP contribution in [0.3, 0.4) is 0 Å². The highest BCUT2D eigenvalue weighted by atomic mass is 35.5. The summed E-state index contributed by atoms with van der Waals surface area (Å²) in [5, 5.41) is 13.5. The Labute approximate surface area is 128 Å². The van der Waals surface area contributed by atoms with E-state index < -0.39 is 0 Å². The van der Waals surface area contributed by atoms with Crippen LogP contribution in [-0.2, 0) is 4.79 Å². The number of nitrogens with zero attached hydrogens (tertiary/aromatic N) is 1. The Morgan fingerprint density at radius 3 is 2.90 bits per heavy atom. The van der Waals surface area contributed by atoms with Crippen molar-refractivity contribution < 1.29 is 9.90 Å². The Kier molecular flexibility index (Phi) is 5.27. The highest BCUT2D eigenvalue weighted by Gasteiger charge is 2.25. The van der Waals surface area contributed by atoms with Gasteiger partial charge < -0.3 is 10.4 Å². The number of aliphatic hydroxyl groups is 1. The second kappa shape index (κ2) is 6.76. The molecule has 1 aromatic carbocycles. The molecule has 0 aromatic heterocycles. The average molecular weight is 317 g/mol. The molecule has 2 unspecified atom stereocenters. The predicted molar refractivity (Wildman–Crippen MR) is 81.3 cm³/mol. The third-order valence-corrected chi connectivity index (χ3v) is 4.12. The fourth-order valence-corrected chi connectivity index (χ4v) is 2.70. The number of aliphatic hydroxyl groups excluding tert-OH is 1. The van der Waals surface area contributed by atoms with E-state index in [9.17, 15) is 9.90 Å². The van der Waals surface area contributed by atoms with Gasteiger partial charge in [0.1, 0.15) is 0 Å². The first-order valence-corrected chi connectivity index (χ1v) is 7.36. The van der Waals surface area contributed by atoms with E-state index in [4.69, 9.17) is 23.2 Å². The topological polar surface area (TPSA) is 52.6 Å². The van der Waals surface area contributed by atoms with E-state index in [1.165, 1.54) is 0 Å². The number of amides is 1. The molecule has 110 valence electrons. The van der Waals surface area contributed by atoms with E-state index in [0.29, 0.717) is 28.2 Å². The molecule has 6 heteroatoms. The lowest BCUT2D eigenvalue weighted by atomic mass is 9.96. The fraction of sp³-hybridized carbons (Fsp3) is 0.500. The minimum atomic E-state index is -0.365. The van der Waals surface area contributed by atoms with Gasteiger partial charge in [0.2, 0.25) is 5.91 Å². The van der Waals surface area contributed by atoms with Crippen LogP contribution in [0.4, 0.5) is 5.69 Å². The van der Waals surface area contributed by atoms with Gasteiger partial charge in [0.25, 0.3) is 0 Å². The van der Waals surface area contributed by atoms with Gasteiger partial charge in [-0.15, -0.1) is 0 Å². The highest BCUT2D eigenvalue weighted by molar-refractivity contribution is 6.36. The first-order chi connectivity index (χ1) is 9.45. The quantitative estimate of drug-likeness (QED) is 0.901. The van der Waals surface area contributed by atoms with Crippen molar-refractivity contribution >= 4 is 34.8 Å². The van der Waals surface area contributed by atoms with Gasteiger partial charge in [-0.05, 0) is 37.1 Å². The molecule has 1 saturated heterocycles. The van der Waals surface area contributed by atoms with Gasteiger partial charge in [0, 0.05) is 11.6 Å². The standard InChI is InChI=1S/C14H18Cl2N2O2/c1-9-4-5-18(7-13(9)19)8-14(20)17-12-3-2-10(15)6-11(12)16/h2-3,6,9,13,19H,4-5,7-8H2,1H3,(H,17,20). The van der Waals surface area contributed by atoms with Crippen molar-refractivity contribution in [2.45, 2.75) is 19.4 Å². The lowest BCUT2D eigenvalue weighted by Crippen LogP contribution is -2.45. The summed E-state index contributed by atoms with van der Waals surface area (Å²) < 4.78 is 0. The third kappa shape index (κ3) is 4.09. The SMILES string of the molecule is CC1CCN(CC(=O)Nc2ccc(Cl)cc2Cl)CC1O. The first-order valence-electron chi connectivity index (χ1n) is 6.61. The summed E-state index contributed by atoms with van der Waals surface area (Å²) in [6, 6.07) is 4.94. The molecule has 2 N–H and O–H groups in total. The molecular formula is C14H18Cl2N2O2. The van der Waals surface area contributed by atoms with Crippen LogP contribution in [0.25, 0.3) is 0 Å². The van der Waals surface area contributed by atoms with Crippen LogP contribution in [0.15, 0.2) is 18.2 Å². The fourth-order valence-electron chi connectivity index (χ4n) is 2.24. The van der Waals surface area contributed by atoms with E-state index in [1.807, 2.05) is 11.8 Å². The number of nitrogens with one attached hydrogen (secondary N) is 1. The second-order valence-corrected chi connectivity index (χ2v) is 6.08. The summed E-state index contributed by atoms with van der Waals surface area (Å²) in [7, 11) is 0. The molecule has 4 nitrogen and oxygen atoms in total. The smallest absolute Gasteiger partial charge is 0.238 e. The van der Waals surface area contributed by atoms with Crippen LogP contribution in [0, 0.1) is 5.92 Å². The molecule has 0 radical (unpaired) electrons. The van der Waals surface area contributed by atoms with Crippen molar-refractivity contribution in [1.82, 2.24) is 4.90 Å². The zero-order valence-corrected chi connectivity index (χ0v) is 12.8. The number of β-amino-alcohol motifs (C(OH)–C–C–N with tert-alkyl or cyclic N) is 1. The lowest BCUT2D eigenvalue weighted by molar-refractivity contribution is -0.118. The Morgan fingerprint density at radius 1 is 1.50 bits per heavy atom. The van der Waals surface area contributed by atoms with Crippen molar-refractivity contribution in [3.63, 3.8) is 0 Å². The molecule has 1 amide bonds. The van der Waals surface area contributed by atoms with Gasteiger partial charge >= 0.3 is 0 Å². The van der Waals surface area contributed by atoms with Crippen LogP contribution in [0.2, 0.25) is 10.0 Å². The number of piperidine rings is 1. The minimum absolute atomic E-state index is 0.143. The average Bonchev–Trinajstić information content (AvgIpc) is 2.37. The van der Waals surface area contributed by atoms with E-state index in [0.717, 1.165) is 13.0 Å². The zero-order valence-electron chi connectivity index (χ0n) is 11.3. The second-order valence-electron chi connectivity index (χ2n) is 5.24. The monoisotopic (exact) mass is 316 g/mol. The molecule has 2 atom stereocenters. The summed E-state index contributed by atoms with van der Waals surface area (Å²) in [4.78, 5) is 13.9. The molecule has 1 heterocycles. The number of carbonyl (C=O) groups excluding carboxylic acids is 1. The van der Waals surface area contributed by atoms with Gasteiger partial charge in [-0.2, -0.15) is 0 Å². The summed E-state index contributed by atoms with van der Waals surface area (Å²) in [6.07, 6.45) is 0.534.